The number of thiazole rings is 1. The molecule has 7 heteroatoms. The monoisotopic (exact) mass is 419 g/mol. The van der Waals surface area contributed by atoms with Crippen molar-refractivity contribution in [3.05, 3.63) is 91.9 Å². The van der Waals surface area contributed by atoms with Gasteiger partial charge in [0.15, 0.2) is 5.82 Å². The highest BCUT2D eigenvalue weighted by Crippen LogP contribution is 2.25. The molecule has 5 aromatic rings. The minimum atomic E-state index is -0.211. The van der Waals surface area contributed by atoms with Gasteiger partial charge in [-0.2, -0.15) is 9.50 Å². The molecule has 0 unspecified atom stereocenters. The second kappa shape index (κ2) is 6.99. The molecule has 29 heavy (non-hydrogen) atoms. The standard InChI is InChI=1S/C22H14ClN3O2S/c1-13-4-2-6-15(10-13)20-24-22-26(25-20)21(27)19(29-22)12-17-8-9-18(28-17)14-5-3-7-16(23)11-14/h2-12H,1H3/b19-12+. The number of furan rings is 1. The summed E-state index contributed by atoms with van der Waals surface area (Å²) in [6, 6.07) is 19.0. The molecule has 0 N–H and O–H groups in total. The van der Waals surface area contributed by atoms with E-state index < -0.39 is 0 Å². The lowest BCUT2D eigenvalue weighted by molar-refractivity contribution is 0.571. The number of fused-ring (bicyclic) bond motifs is 1. The van der Waals surface area contributed by atoms with Crippen LogP contribution >= 0.6 is 22.9 Å². The van der Waals surface area contributed by atoms with Crippen LogP contribution in [0.1, 0.15) is 11.3 Å². The van der Waals surface area contributed by atoms with Crippen molar-refractivity contribution in [1.82, 2.24) is 14.6 Å². The molecule has 3 aromatic heterocycles. The highest BCUT2D eigenvalue weighted by atomic mass is 35.5. The van der Waals surface area contributed by atoms with Crippen LogP contribution in [-0.2, 0) is 0 Å². The predicted octanol–water partition coefficient (Wildman–Crippen LogP) is 4.59. The van der Waals surface area contributed by atoms with Gasteiger partial charge in [-0.15, -0.1) is 5.10 Å². The zero-order valence-electron chi connectivity index (χ0n) is 15.3. The molecule has 0 atom stereocenters. The quantitative estimate of drug-likeness (QED) is 0.429. The van der Waals surface area contributed by atoms with Crippen LogP contribution in [0.4, 0.5) is 0 Å². The first-order valence-corrected chi connectivity index (χ1v) is 10.1. The maximum absolute atomic E-state index is 12.7. The number of aromatic nitrogens is 3. The van der Waals surface area contributed by atoms with Gasteiger partial charge in [0, 0.05) is 22.2 Å². The number of halogens is 1. The highest BCUT2D eigenvalue weighted by molar-refractivity contribution is 7.15. The third-order valence-corrected chi connectivity index (χ3v) is 5.66. The summed E-state index contributed by atoms with van der Waals surface area (Å²) < 4.78 is 7.72. The Balaban J connectivity index is 1.53. The van der Waals surface area contributed by atoms with Crippen molar-refractivity contribution < 1.29 is 4.42 Å². The highest BCUT2D eigenvalue weighted by Gasteiger charge is 2.12. The molecule has 0 spiro atoms. The average molecular weight is 420 g/mol. The van der Waals surface area contributed by atoms with Gasteiger partial charge >= 0.3 is 0 Å². The second-order valence-electron chi connectivity index (χ2n) is 6.63. The van der Waals surface area contributed by atoms with E-state index in [0.29, 0.717) is 31.9 Å². The fourth-order valence-electron chi connectivity index (χ4n) is 3.10. The van der Waals surface area contributed by atoms with E-state index in [2.05, 4.69) is 10.1 Å². The predicted molar refractivity (Wildman–Crippen MR) is 115 cm³/mol. The molecule has 0 aliphatic heterocycles. The van der Waals surface area contributed by atoms with Crippen molar-refractivity contribution in [2.75, 3.05) is 0 Å². The lowest BCUT2D eigenvalue weighted by Crippen LogP contribution is -2.23. The molecular weight excluding hydrogens is 406 g/mol. The summed E-state index contributed by atoms with van der Waals surface area (Å²) >= 11 is 7.33. The van der Waals surface area contributed by atoms with Gasteiger partial charge in [0.05, 0.1) is 0 Å². The Labute approximate surface area is 174 Å². The van der Waals surface area contributed by atoms with Gasteiger partial charge in [-0.25, -0.2) is 0 Å². The summed E-state index contributed by atoms with van der Waals surface area (Å²) in [5.74, 6) is 1.82. The van der Waals surface area contributed by atoms with Crippen LogP contribution in [0.3, 0.4) is 0 Å². The molecule has 0 saturated heterocycles. The zero-order chi connectivity index (χ0) is 20.0. The normalized spacial score (nSPS) is 12.1. The third-order valence-electron chi connectivity index (χ3n) is 4.47. The molecule has 5 rings (SSSR count). The Morgan fingerprint density at radius 3 is 2.69 bits per heavy atom. The smallest absolute Gasteiger partial charge is 0.291 e. The molecule has 5 nitrogen and oxygen atoms in total. The van der Waals surface area contributed by atoms with E-state index in [0.717, 1.165) is 16.7 Å². The van der Waals surface area contributed by atoms with Crippen LogP contribution in [0.25, 0.3) is 33.7 Å². The number of aryl methyl sites for hydroxylation is 1. The Kier molecular flexibility index (Phi) is 4.30. The molecule has 142 valence electrons. The third kappa shape index (κ3) is 3.37. The van der Waals surface area contributed by atoms with Crippen molar-refractivity contribution in [3.8, 4) is 22.7 Å². The van der Waals surface area contributed by atoms with Crippen molar-refractivity contribution >= 4 is 34.0 Å². The number of benzene rings is 2. The molecular formula is C22H14ClN3O2S. The largest absolute Gasteiger partial charge is 0.457 e. The van der Waals surface area contributed by atoms with Gasteiger partial charge in [0.2, 0.25) is 4.96 Å². The lowest BCUT2D eigenvalue weighted by Gasteiger charge is -1.96. The van der Waals surface area contributed by atoms with Crippen LogP contribution in [0.5, 0.6) is 0 Å². The Morgan fingerprint density at radius 1 is 1.07 bits per heavy atom. The Hall–Kier alpha value is -3.22. The molecule has 0 amide bonds. The number of hydrogen-bond donors (Lipinski definition) is 0. The first-order chi connectivity index (χ1) is 14.1. The summed E-state index contributed by atoms with van der Waals surface area (Å²) in [7, 11) is 0. The molecule has 0 aliphatic rings. The summed E-state index contributed by atoms with van der Waals surface area (Å²) in [5, 5.41) is 5.03. The fourth-order valence-corrected chi connectivity index (χ4v) is 4.17. The second-order valence-corrected chi connectivity index (χ2v) is 8.07. The van der Waals surface area contributed by atoms with Crippen LogP contribution in [0.15, 0.2) is 69.9 Å². The van der Waals surface area contributed by atoms with Gasteiger partial charge in [-0.05, 0) is 37.3 Å². The van der Waals surface area contributed by atoms with E-state index in [-0.39, 0.29) is 5.56 Å². The van der Waals surface area contributed by atoms with Gasteiger partial charge in [0.1, 0.15) is 16.1 Å². The van der Waals surface area contributed by atoms with Crippen LogP contribution in [0.2, 0.25) is 5.02 Å². The van der Waals surface area contributed by atoms with E-state index >= 15 is 0 Å². The Bertz CT molecular complexity index is 1470. The van der Waals surface area contributed by atoms with E-state index in [9.17, 15) is 4.79 Å². The first kappa shape index (κ1) is 17.8. The van der Waals surface area contributed by atoms with Gasteiger partial charge < -0.3 is 4.42 Å². The minimum absolute atomic E-state index is 0.211. The zero-order valence-corrected chi connectivity index (χ0v) is 16.9. The number of nitrogens with zero attached hydrogens (tertiary/aromatic N) is 3. The summed E-state index contributed by atoms with van der Waals surface area (Å²) in [6.45, 7) is 2.01. The van der Waals surface area contributed by atoms with E-state index in [1.807, 2.05) is 67.6 Å². The van der Waals surface area contributed by atoms with Crippen LogP contribution in [0, 0.1) is 6.92 Å². The number of rotatable bonds is 3. The Morgan fingerprint density at radius 2 is 1.90 bits per heavy atom. The van der Waals surface area contributed by atoms with Crippen molar-refractivity contribution in [1.29, 1.82) is 0 Å². The molecule has 0 aliphatic carbocycles. The first-order valence-electron chi connectivity index (χ1n) is 8.91. The molecule has 2 aromatic carbocycles. The van der Waals surface area contributed by atoms with Gasteiger partial charge in [-0.3, -0.25) is 4.79 Å². The summed E-state index contributed by atoms with van der Waals surface area (Å²) in [5.41, 5.74) is 2.68. The SMILES string of the molecule is Cc1cccc(-c2nc3s/c(=C/c4ccc(-c5cccc(Cl)c5)o4)c(=O)n3n2)c1. The minimum Gasteiger partial charge on any atom is -0.457 e. The maximum atomic E-state index is 12.7. The van der Waals surface area contributed by atoms with E-state index in [4.69, 9.17) is 16.0 Å². The average Bonchev–Trinajstić information content (AvgIpc) is 3.40. The molecule has 3 heterocycles. The van der Waals surface area contributed by atoms with E-state index in [1.165, 1.54) is 15.9 Å². The van der Waals surface area contributed by atoms with Crippen molar-refractivity contribution in [2.24, 2.45) is 0 Å². The van der Waals surface area contributed by atoms with Gasteiger partial charge in [0.25, 0.3) is 5.56 Å². The molecule has 0 radical (unpaired) electrons. The number of hydrogen-bond acceptors (Lipinski definition) is 5. The van der Waals surface area contributed by atoms with Gasteiger partial charge in [-0.1, -0.05) is 58.8 Å². The van der Waals surface area contributed by atoms with Crippen molar-refractivity contribution in [2.45, 2.75) is 6.92 Å². The molecule has 0 fully saturated rings. The maximum Gasteiger partial charge on any atom is 0.291 e. The van der Waals surface area contributed by atoms with E-state index in [1.54, 1.807) is 6.08 Å². The van der Waals surface area contributed by atoms with Crippen LogP contribution in [-0.4, -0.2) is 14.6 Å². The summed E-state index contributed by atoms with van der Waals surface area (Å²) in [6.07, 6.45) is 1.71. The lowest BCUT2D eigenvalue weighted by atomic mass is 10.1. The topological polar surface area (TPSA) is 60.4 Å². The molecule has 0 bridgehead atoms. The fraction of sp³-hybridized carbons (Fsp3) is 0.0455. The molecule has 0 saturated carbocycles. The van der Waals surface area contributed by atoms with Crippen LogP contribution < -0.4 is 10.1 Å². The van der Waals surface area contributed by atoms with Crippen molar-refractivity contribution in [3.63, 3.8) is 0 Å². The summed E-state index contributed by atoms with van der Waals surface area (Å²) in [4.78, 5) is 17.8.